The van der Waals surface area contributed by atoms with E-state index in [1.165, 1.54) is 4.31 Å². The summed E-state index contributed by atoms with van der Waals surface area (Å²) >= 11 is 0. The Morgan fingerprint density at radius 3 is 2.70 bits per heavy atom. The molecular weight excluding hydrogens is 276 g/mol. The molecule has 112 valence electrons. The minimum Gasteiger partial charge on any atom is -0.373 e. The van der Waals surface area contributed by atoms with Crippen LogP contribution < -0.4 is 5.73 Å². The lowest BCUT2D eigenvalue weighted by atomic mass is 10.1. The highest BCUT2D eigenvalue weighted by molar-refractivity contribution is 7.89. The molecule has 1 aromatic carbocycles. The molecule has 0 unspecified atom stereocenters. The van der Waals surface area contributed by atoms with Crippen LogP contribution in [-0.4, -0.2) is 38.0 Å². The second kappa shape index (κ2) is 5.44. The molecule has 1 aliphatic rings. The molecule has 0 aromatic heterocycles. The molecule has 1 aliphatic heterocycles. The Balaban J connectivity index is 2.35. The van der Waals surface area contributed by atoms with E-state index in [0.717, 1.165) is 11.1 Å². The van der Waals surface area contributed by atoms with Crippen molar-refractivity contribution in [2.75, 3.05) is 19.7 Å². The predicted molar refractivity (Wildman–Crippen MR) is 77.9 cm³/mol. The number of nitrogens with two attached hydrogens (primary N) is 1. The van der Waals surface area contributed by atoms with E-state index in [-0.39, 0.29) is 0 Å². The number of rotatable bonds is 3. The van der Waals surface area contributed by atoms with Gasteiger partial charge in [-0.1, -0.05) is 6.07 Å². The molecule has 1 heterocycles. The molecule has 0 bridgehead atoms. The molecule has 1 saturated heterocycles. The summed E-state index contributed by atoms with van der Waals surface area (Å²) in [5.74, 6) is 0. The Hall–Kier alpha value is -0.950. The van der Waals surface area contributed by atoms with Gasteiger partial charge in [0.25, 0.3) is 0 Å². The van der Waals surface area contributed by atoms with Gasteiger partial charge in [0.05, 0.1) is 17.1 Å². The highest BCUT2D eigenvalue weighted by Gasteiger charge is 2.34. The first-order valence-corrected chi connectivity index (χ1v) is 8.14. The fourth-order valence-electron chi connectivity index (χ4n) is 2.36. The summed E-state index contributed by atoms with van der Waals surface area (Å²) in [4.78, 5) is 0.307. The summed E-state index contributed by atoms with van der Waals surface area (Å²) in [7, 11) is -3.48. The summed E-state index contributed by atoms with van der Waals surface area (Å²) in [6.07, 6.45) is 0. The Kier molecular flexibility index (Phi) is 4.20. The zero-order chi connectivity index (χ0) is 15.0. The molecule has 0 radical (unpaired) electrons. The van der Waals surface area contributed by atoms with Gasteiger partial charge in [-0.25, -0.2) is 8.42 Å². The number of hydrogen-bond acceptors (Lipinski definition) is 4. The normalized spacial score (nSPS) is 20.0. The number of hydrogen-bond donors (Lipinski definition) is 1. The Bertz CT molecular complexity index is 596. The summed E-state index contributed by atoms with van der Waals surface area (Å²) in [5.41, 5.74) is 7.07. The van der Waals surface area contributed by atoms with Crippen molar-refractivity contribution in [3.63, 3.8) is 0 Å². The molecule has 5 nitrogen and oxygen atoms in total. The van der Waals surface area contributed by atoms with Gasteiger partial charge in [-0.2, -0.15) is 4.31 Å². The van der Waals surface area contributed by atoms with Gasteiger partial charge < -0.3 is 10.5 Å². The lowest BCUT2D eigenvalue weighted by Crippen LogP contribution is -2.50. The van der Waals surface area contributed by atoms with Crippen molar-refractivity contribution in [3.8, 4) is 0 Å². The van der Waals surface area contributed by atoms with E-state index >= 15 is 0 Å². The average Bonchev–Trinajstić information content (AvgIpc) is 2.37. The Labute approximate surface area is 120 Å². The van der Waals surface area contributed by atoms with E-state index in [1.54, 1.807) is 18.2 Å². The monoisotopic (exact) mass is 298 g/mol. The van der Waals surface area contributed by atoms with Crippen LogP contribution in [-0.2, 0) is 21.3 Å². The van der Waals surface area contributed by atoms with Crippen LogP contribution in [0.25, 0.3) is 0 Å². The SMILES string of the molecule is Cc1ccc(S(=O)(=O)N2CCOC(C)(C)C2)cc1CN. The van der Waals surface area contributed by atoms with Gasteiger partial charge in [-0.05, 0) is 44.0 Å². The van der Waals surface area contributed by atoms with Crippen LogP contribution in [0.15, 0.2) is 23.1 Å². The third-order valence-corrected chi connectivity index (χ3v) is 5.41. The van der Waals surface area contributed by atoms with Crippen LogP contribution in [0.3, 0.4) is 0 Å². The van der Waals surface area contributed by atoms with Gasteiger partial charge in [0, 0.05) is 19.6 Å². The molecule has 0 aliphatic carbocycles. The van der Waals surface area contributed by atoms with Gasteiger partial charge in [-0.3, -0.25) is 0 Å². The molecule has 0 atom stereocenters. The van der Waals surface area contributed by atoms with E-state index in [2.05, 4.69) is 0 Å². The third-order valence-electron chi connectivity index (χ3n) is 3.57. The van der Waals surface area contributed by atoms with Crippen molar-refractivity contribution < 1.29 is 13.2 Å². The number of morpholine rings is 1. The summed E-state index contributed by atoms with van der Waals surface area (Å²) in [5, 5.41) is 0. The van der Waals surface area contributed by atoms with Crippen molar-refractivity contribution >= 4 is 10.0 Å². The van der Waals surface area contributed by atoms with Gasteiger partial charge in [0.2, 0.25) is 10.0 Å². The third kappa shape index (κ3) is 3.03. The van der Waals surface area contributed by atoms with Crippen molar-refractivity contribution in [2.24, 2.45) is 5.73 Å². The fourth-order valence-corrected chi connectivity index (χ4v) is 3.98. The molecular formula is C14H22N2O3S. The molecule has 0 amide bonds. The zero-order valence-corrected chi connectivity index (χ0v) is 13.0. The van der Waals surface area contributed by atoms with Gasteiger partial charge in [-0.15, -0.1) is 0 Å². The summed E-state index contributed by atoms with van der Waals surface area (Å²) in [6.45, 7) is 7.23. The maximum absolute atomic E-state index is 12.7. The van der Waals surface area contributed by atoms with E-state index < -0.39 is 15.6 Å². The van der Waals surface area contributed by atoms with Crippen LogP contribution in [0, 0.1) is 6.92 Å². The lowest BCUT2D eigenvalue weighted by Gasteiger charge is -2.37. The highest BCUT2D eigenvalue weighted by Crippen LogP contribution is 2.24. The number of aryl methyl sites for hydroxylation is 1. The molecule has 2 N–H and O–H groups in total. The first kappa shape index (κ1) is 15.4. The minimum absolute atomic E-state index is 0.307. The average molecular weight is 298 g/mol. The molecule has 6 heteroatoms. The zero-order valence-electron chi connectivity index (χ0n) is 12.2. The van der Waals surface area contributed by atoms with Crippen LogP contribution >= 0.6 is 0 Å². The van der Waals surface area contributed by atoms with Gasteiger partial charge in [0.1, 0.15) is 0 Å². The lowest BCUT2D eigenvalue weighted by molar-refractivity contribution is -0.0640. The first-order valence-electron chi connectivity index (χ1n) is 6.70. The van der Waals surface area contributed by atoms with Crippen LogP contribution in [0.5, 0.6) is 0 Å². The number of benzene rings is 1. The highest BCUT2D eigenvalue weighted by atomic mass is 32.2. The summed E-state index contributed by atoms with van der Waals surface area (Å²) in [6, 6.07) is 5.13. The largest absolute Gasteiger partial charge is 0.373 e. The van der Waals surface area contributed by atoms with E-state index in [4.69, 9.17) is 10.5 Å². The molecule has 1 aromatic rings. The van der Waals surface area contributed by atoms with Crippen LogP contribution in [0.2, 0.25) is 0 Å². The Morgan fingerprint density at radius 2 is 2.10 bits per heavy atom. The smallest absolute Gasteiger partial charge is 0.243 e. The topological polar surface area (TPSA) is 72.6 Å². The first-order chi connectivity index (χ1) is 9.26. The molecule has 0 saturated carbocycles. The van der Waals surface area contributed by atoms with E-state index in [9.17, 15) is 8.42 Å². The summed E-state index contributed by atoms with van der Waals surface area (Å²) < 4.78 is 32.4. The number of ether oxygens (including phenoxy) is 1. The fraction of sp³-hybridized carbons (Fsp3) is 0.571. The standard InChI is InChI=1S/C14H22N2O3S/c1-11-4-5-13(8-12(11)9-15)20(17,18)16-6-7-19-14(2,3)10-16/h4-5,8H,6-7,9-10,15H2,1-3H3. The second-order valence-electron chi connectivity index (χ2n) is 5.74. The maximum Gasteiger partial charge on any atom is 0.243 e. The van der Waals surface area contributed by atoms with Gasteiger partial charge in [0.15, 0.2) is 0 Å². The maximum atomic E-state index is 12.7. The molecule has 2 rings (SSSR count). The van der Waals surface area contributed by atoms with Crippen molar-refractivity contribution in [1.82, 2.24) is 4.31 Å². The Morgan fingerprint density at radius 1 is 1.40 bits per heavy atom. The second-order valence-corrected chi connectivity index (χ2v) is 7.68. The number of sulfonamides is 1. The van der Waals surface area contributed by atoms with Crippen molar-refractivity contribution in [2.45, 2.75) is 37.8 Å². The molecule has 1 fully saturated rings. The van der Waals surface area contributed by atoms with E-state index in [1.807, 2.05) is 20.8 Å². The molecule has 0 spiro atoms. The van der Waals surface area contributed by atoms with Crippen molar-refractivity contribution in [1.29, 1.82) is 0 Å². The van der Waals surface area contributed by atoms with Crippen molar-refractivity contribution in [3.05, 3.63) is 29.3 Å². The van der Waals surface area contributed by atoms with Crippen LogP contribution in [0.4, 0.5) is 0 Å². The number of nitrogens with zero attached hydrogens (tertiary/aromatic N) is 1. The quantitative estimate of drug-likeness (QED) is 0.911. The van der Waals surface area contributed by atoms with Gasteiger partial charge >= 0.3 is 0 Å². The molecule has 20 heavy (non-hydrogen) atoms. The predicted octanol–water partition coefficient (Wildman–Crippen LogP) is 1.25. The minimum atomic E-state index is -3.48. The van der Waals surface area contributed by atoms with E-state index in [0.29, 0.717) is 31.1 Å². The van der Waals surface area contributed by atoms with Crippen LogP contribution in [0.1, 0.15) is 25.0 Å².